The molecule has 0 spiro atoms. The minimum atomic E-state index is -0.125. The van der Waals surface area contributed by atoms with Crippen molar-refractivity contribution in [2.24, 2.45) is 0 Å². The number of cyclic esters (lactones) is 1. The van der Waals surface area contributed by atoms with Crippen LogP contribution in [0.1, 0.15) is 31.4 Å². The average Bonchev–Trinajstić information content (AvgIpc) is 2.66. The monoisotopic (exact) mass is 206 g/mol. The van der Waals surface area contributed by atoms with Gasteiger partial charge in [0.1, 0.15) is 11.9 Å². The van der Waals surface area contributed by atoms with Crippen LogP contribution in [-0.4, -0.2) is 12.6 Å². The van der Waals surface area contributed by atoms with Crippen LogP contribution in [0.25, 0.3) is 0 Å². The minimum absolute atomic E-state index is 0.119. The van der Waals surface area contributed by atoms with Crippen LogP contribution < -0.4 is 4.74 Å². The molecule has 1 aliphatic heterocycles. The van der Waals surface area contributed by atoms with Gasteiger partial charge in [0.05, 0.1) is 6.61 Å². The van der Waals surface area contributed by atoms with Gasteiger partial charge >= 0.3 is 5.97 Å². The fourth-order valence-corrected chi connectivity index (χ4v) is 1.78. The molecule has 1 aliphatic rings. The number of benzene rings is 1. The van der Waals surface area contributed by atoms with Crippen molar-refractivity contribution in [3.63, 3.8) is 0 Å². The second kappa shape index (κ2) is 4.34. The summed E-state index contributed by atoms with van der Waals surface area (Å²) >= 11 is 0. The molecular weight excluding hydrogens is 192 g/mol. The smallest absolute Gasteiger partial charge is 0.306 e. The van der Waals surface area contributed by atoms with E-state index in [0.717, 1.165) is 17.7 Å². The van der Waals surface area contributed by atoms with Gasteiger partial charge in [0.15, 0.2) is 0 Å². The molecule has 1 aromatic carbocycles. The topological polar surface area (TPSA) is 35.5 Å². The number of para-hydroxylation sites is 1. The van der Waals surface area contributed by atoms with Crippen LogP contribution in [0.2, 0.25) is 0 Å². The molecule has 0 N–H and O–H groups in total. The van der Waals surface area contributed by atoms with Crippen molar-refractivity contribution >= 4 is 5.97 Å². The molecule has 1 heterocycles. The highest BCUT2D eigenvalue weighted by molar-refractivity contribution is 5.72. The van der Waals surface area contributed by atoms with Crippen LogP contribution in [0.15, 0.2) is 24.3 Å². The van der Waals surface area contributed by atoms with Gasteiger partial charge in [-0.15, -0.1) is 0 Å². The summed E-state index contributed by atoms with van der Waals surface area (Å²) in [6.07, 6.45) is 1.13. The number of hydrogen-bond acceptors (Lipinski definition) is 3. The zero-order valence-electron chi connectivity index (χ0n) is 8.73. The van der Waals surface area contributed by atoms with E-state index in [1.54, 1.807) is 0 Å². The van der Waals surface area contributed by atoms with E-state index in [1.165, 1.54) is 0 Å². The van der Waals surface area contributed by atoms with Crippen molar-refractivity contribution < 1.29 is 14.3 Å². The standard InChI is InChI=1S/C12H14O3/c1-2-14-10-6-4-3-5-9(10)11-7-8-12(13)15-11/h3-6,11H,2,7-8H2,1H3. The third-order valence-corrected chi connectivity index (χ3v) is 2.45. The van der Waals surface area contributed by atoms with Gasteiger partial charge in [-0.2, -0.15) is 0 Å². The number of carbonyl (C=O) groups is 1. The van der Waals surface area contributed by atoms with Gasteiger partial charge in [-0.3, -0.25) is 4.79 Å². The van der Waals surface area contributed by atoms with Gasteiger partial charge in [-0.25, -0.2) is 0 Å². The zero-order valence-corrected chi connectivity index (χ0v) is 8.73. The highest BCUT2D eigenvalue weighted by atomic mass is 16.6. The first kappa shape index (κ1) is 10.0. The molecule has 1 unspecified atom stereocenters. The van der Waals surface area contributed by atoms with Gasteiger partial charge in [0.25, 0.3) is 0 Å². The lowest BCUT2D eigenvalue weighted by Crippen LogP contribution is -2.02. The maximum Gasteiger partial charge on any atom is 0.306 e. The molecule has 2 rings (SSSR count). The normalized spacial score (nSPS) is 20.1. The summed E-state index contributed by atoms with van der Waals surface area (Å²) in [6, 6.07) is 7.72. The van der Waals surface area contributed by atoms with E-state index in [0.29, 0.717) is 13.0 Å². The molecule has 1 atom stereocenters. The minimum Gasteiger partial charge on any atom is -0.493 e. The molecule has 3 nitrogen and oxygen atoms in total. The maximum absolute atomic E-state index is 11.0. The summed E-state index contributed by atoms with van der Waals surface area (Å²) in [5.41, 5.74) is 0.977. The number of esters is 1. The van der Waals surface area contributed by atoms with Gasteiger partial charge in [-0.1, -0.05) is 18.2 Å². The molecule has 0 aliphatic carbocycles. The molecule has 15 heavy (non-hydrogen) atoms. The molecule has 0 amide bonds. The van der Waals surface area contributed by atoms with Crippen molar-refractivity contribution in [2.75, 3.05) is 6.61 Å². The Morgan fingerprint density at radius 2 is 2.27 bits per heavy atom. The zero-order chi connectivity index (χ0) is 10.7. The first-order valence-electron chi connectivity index (χ1n) is 5.22. The third-order valence-electron chi connectivity index (χ3n) is 2.45. The van der Waals surface area contributed by atoms with E-state index >= 15 is 0 Å². The van der Waals surface area contributed by atoms with Gasteiger partial charge < -0.3 is 9.47 Å². The summed E-state index contributed by atoms with van der Waals surface area (Å²) in [6.45, 7) is 2.56. The van der Waals surface area contributed by atoms with Gasteiger partial charge in [0.2, 0.25) is 0 Å². The largest absolute Gasteiger partial charge is 0.493 e. The Balaban J connectivity index is 2.22. The lowest BCUT2D eigenvalue weighted by molar-refractivity contribution is -0.141. The second-order valence-corrected chi connectivity index (χ2v) is 3.49. The van der Waals surface area contributed by atoms with Crippen LogP contribution in [-0.2, 0) is 9.53 Å². The average molecular weight is 206 g/mol. The third kappa shape index (κ3) is 2.12. The van der Waals surface area contributed by atoms with Crippen molar-refractivity contribution in [2.45, 2.75) is 25.9 Å². The summed E-state index contributed by atoms with van der Waals surface area (Å²) < 4.78 is 10.7. The Labute approximate surface area is 89.0 Å². The van der Waals surface area contributed by atoms with Gasteiger partial charge in [-0.05, 0) is 19.4 Å². The van der Waals surface area contributed by atoms with E-state index in [9.17, 15) is 4.79 Å². The first-order valence-corrected chi connectivity index (χ1v) is 5.22. The van der Waals surface area contributed by atoms with Crippen LogP contribution in [0, 0.1) is 0 Å². The summed E-state index contributed by atoms with van der Waals surface area (Å²) in [5.74, 6) is 0.700. The maximum atomic E-state index is 11.0. The van der Waals surface area contributed by atoms with Crippen molar-refractivity contribution in [3.05, 3.63) is 29.8 Å². The van der Waals surface area contributed by atoms with Crippen LogP contribution in [0.4, 0.5) is 0 Å². The Kier molecular flexibility index (Phi) is 2.90. The summed E-state index contributed by atoms with van der Waals surface area (Å²) in [5, 5.41) is 0. The molecule has 80 valence electrons. The quantitative estimate of drug-likeness (QED) is 0.713. The Morgan fingerprint density at radius 1 is 1.47 bits per heavy atom. The Bertz CT molecular complexity index is 360. The van der Waals surface area contributed by atoms with E-state index in [1.807, 2.05) is 31.2 Å². The number of rotatable bonds is 3. The molecule has 1 saturated heterocycles. The fourth-order valence-electron chi connectivity index (χ4n) is 1.78. The van der Waals surface area contributed by atoms with E-state index in [4.69, 9.17) is 9.47 Å². The van der Waals surface area contributed by atoms with Crippen LogP contribution in [0.5, 0.6) is 5.75 Å². The molecule has 1 fully saturated rings. The summed E-state index contributed by atoms with van der Waals surface area (Å²) in [7, 11) is 0. The van der Waals surface area contributed by atoms with E-state index < -0.39 is 0 Å². The molecule has 0 saturated carbocycles. The van der Waals surface area contributed by atoms with Crippen molar-refractivity contribution in [3.8, 4) is 5.75 Å². The second-order valence-electron chi connectivity index (χ2n) is 3.49. The summed E-state index contributed by atoms with van der Waals surface area (Å²) in [4.78, 5) is 11.0. The highest BCUT2D eigenvalue weighted by Crippen LogP contribution is 2.34. The van der Waals surface area contributed by atoms with Crippen LogP contribution >= 0.6 is 0 Å². The lowest BCUT2D eigenvalue weighted by Gasteiger charge is -2.14. The molecule has 1 aromatic rings. The predicted molar refractivity (Wildman–Crippen MR) is 55.7 cm³/mol. The number of hydrogen-bond donors (Lipinski definition) is 0. The Hall–Kier alpha value is -1.51. The lowest BCUT2D eigenvalue weighted by atomic mass is 10.1. The highest BCUT2D eigenvalue weighted by Gasteiger charge is 2.26. The van der Waals surface area contributed by atoms with E-state index in [-0.39, 0.29) is 12.1 Å². The van der Waals surface area contributed by atoms with Crippen molar-refractivity contribution in [1.82, 2.24) is 0 Å². The van der Waals surface area contributed by atoms with Crippen molar-refractivity contribution in [1.29, 1.82) is 0 Å². The number of ether oxygens (including phenoxy) is 2. The predicted octanol–water partition coefficient (Wildman–Crippen LogP) is 2.46. The molecular formula is C12H14O3. The van der Waals surface area contributed by atoms with Gasteiger partial charge in [0, 0.05) is 12.0 Å². The number of carbonyl (C=O) groups excluding carboxylic acids is 1. The molecule has 3 heteroatoms. The SMILES string of the molecule is CCOc1ccccc1C1CCC(=O)O1. The van der Waals surface area contributed by atoms with E-state index in [2.05, 4.69) is 0 Å². The van der Waals surface area contributed by atoms with Crippen LogP contribution in [0.3, 0.4) is 0 Å². The molecule has 0 radical (unpaired) electrons. The molecule has 0 aromatic heterocycles. The fraction of sp³-hybridized carbons (Fsp3) is 0.417. The molecule has 0 bridgehead atoms. The Morgan fingerprint density at radius 3 is 2.93 bits per heavy atom. The first-order chi connectivity index (χ1) is 7.31.